The van der Waals surface area contributed by atoms with Crippen LogP contribution in [0.3, 0.4) is 0 Å². The SMILES string of the molecule is Cc1nc2ccc(-c3ccc4c(c3)CN(c3ncnc5c3CC(C)(C)CC5)CCO4)cc2[nH]1. The van der Waals surface area contributed by atoms with E-state index in [1.807, 2.05) is 6.92 Å². The molecule has 0 spiro atoms. The lowest BCUT2D eigenvalue weighted by molar-refractivity contribution is 0.310. The third-order valence-corrected chi connectivity index (χ3v) is 6.98. The number of hydrogen-bond acceptors (Lipinski definition) is 5. The summed E-state index contributed by atoms with van der Waals surface area (Å²) in [5, 5.41) is 0. The van der Waals surface area contributed by atoms with Crippen molar-refractivity contribution < 1.29 is 4.74 Å². The lowest BCUT2D eigenvalue weighted by atomic mass is 9.76. The monoisotopic (exact) mass is 439 g/mol. The first-order valence-electron chi connectivity index (χ1n) is 11.8. The van der Waals surface area contributed by atoms with Gasteiger partial charge in [0.15, 0.2) is 0 Å². The smallest absolute Gasteiger partial charge is 0.135 e. The number of rotatable bonds is 2. The van der Waals surface area contributed by atoms with E-state index in [0.717, 1.165) is 54.4 Å². The Morgan fingerprint density at radius 2 is 1.91 bits per heavy atom. The van der Waals surface area contributed by atoms with E-state index in [2.05, 4.69) is 70.1 Å². The Labute approximate surface area is 194 Å². The maximum atomic E-state index is 6.15. The Balaban J connectivity index is 1.36. The molecular weight excluding hydrogens is 410 g/mol. The number of aryl methyl sites for hydroxylation is 2. The van der Waals surface area contributed by atoms with Gasteiger partial charge in [0.25, 0.3) is 0 Å². The molecule has 6 rings (SSSR count). The molecule has 0 radical (unpaired) electrons. The maximum absolute atomic E-state index is 6.15. The quantitative estimate of drug-likeness (QED) is 0.463. The van der Waals surface area contributed by atoms with Crippen LogP contribution in [0.4, 0.5) is 5.82 Å². The van der Waals surface area contributed by atoms with Crippen LogP contribution in [0.1, 0.15) is 42.9 Å². The number of nitrogens with zero attached hydrogens (tertiary/aromatic N) is 4. The molecule has 4 aromatic rings. The third kappa shape index (κ3) is 3.73. The molecule has 2 aromatic carbocycles. The van der Waals surface area contributed by atoms with E-state index in [-0.39, 0.29) is 5.41 Å². The molecule has 0 bridgehead atoms. The summed E-state index contributed by atoms with van der Waals surface area (Å²) < 4.78 is 6.15. The van der Waals surface area contributed by atoms with Crippen molar-refractivity contribution in [3.05, 3.63) is 65.4 Å². The molecule has 33 heavy (non-hydrogen) atoms. The Bertz CT molecular complexity index is 1360. The number of anilines is 1. The zero-order valence-electron chi connectivity index (χ0n) is 19.5. The van der Waals surface area contributed by atoms with E-state index in [0.29, 0.717) is 6.61 Å². The summed E-state index contributed by atoms with van der Waals surface area (Å²) in [4.78, 5) is 19.6. The molecule has 0 fully saturated rings. The first kappa shape index (κ1) is 20.2. The Hall–Kier alpha value is -3.41. The molecule has 1 aliphatic heterocycles. The fraction of sp³-hybridized carbons (Fsp3) is 0.370. The van der Waals surface area contributed by atoms with E-state index in [9.17, 15) is 0 Å². The first-order chi connectivity index (χ1) is 15.9. The molecule has 0 atom stereocenters. The van der Waals surface area contributed by atoms with Crippen LogP contribution >= 0.6 is 0 Å². The summed E-state index contributed by atoms with van der Waals surface area (Å²) in [6.45, 7) is 8.91. The normalized spacial score (nSPS) is 17.2. The lowest BCUT2D eigenvalue weighted by Crippen LogP contribution is -2.31. The molecular formula is C27H29N5O. The summed E-state index contributed by atoms with van der Waals surface area (Å²) in [5.74, 6) is 2.97. The zero-order valence-corrected chi connectivity index (χ0v) is 19.5. The number of H-pyrrole nitrogens is 1. The van der Waals surface area contributed by atoms with Gasteiger partial charge in [-0.25, -0.2) is 15.0 Å². The topological polar surface area (TPSA) is 66.9 Å². The van der Waals surface area contributed by atoms with Crippen LogP contribution in [0, 0.1) is 12.3 Å². The van der Waals surface area contributed by atoms with Gasteiger partial charge in [-0.1, -0.05) is 26.0 Å². The summed E-state index contributed by atoms with van der Waals surface area (Å²) in [7, 11) is 0. The van der Waals surface area contributed by atoms with Gasteiger partial charge >= 0.3 is 0 Å². The maximum Gasteiger partial charge on any atom is 0.135 e. The Morgan fingerprint density at radius 3 is 2.82 bits per heavy atom. The van der Waals surface area contributed by atoms with Crippen molar-refractivity contribution in [3.8, 4) is 16.9 Å². The lowest BCUT2D eigenvalue weighted by Gasteiger charge is -2.33. The third-order valence-electron chi connectivity index (χ3n) is 6.98. The van der Waals surface area contributed by atoms with Crippen molar-refractivity contribution in [1.82, 2.24) is 19.9 Å². The molecule has 2 aromatic heterocycles. The molecule has 2 aliphatic rings. The van der Waals surface area contributed by atoms with Gasteiger partial charge in [0.05, 0.1) is 17.6 Å². The zero-order chi connectivity index (χ0) is 22.6. The first-order valence-corrected chi connectivity index (χ1v) is 11.8. The number of benzene rings is 2. The molecule has 0 amide bonds. The standard InChI is InChI=1S/C27H29N5O/c1-17-30-23-6-4-19(13-24(23)31-17)18-5-7-25-20(12-18)15-32(10-11-33-25)26-21-14-27(2,3)9-8-22(21)28-16-29-26/h4-7,12-13,16H,8-11,14-15H2,1-3H3,(H,30,31). The highest BCUT2D eigenvalue weighted by Gasteiger charge is 2.30. The molecule has 6 nitrogen and oxygen atoms in total. The van der Waals surface area contributed by atoms with E-state index < -0.39 is 0 Å². The number of nitrogens with one attached hydrogen (secondary N) is 1. The summed E-state index contributed by atoms with van der Waals surface area (Å²) in [6.07, 6.45) is 4.95. The minimum atomic E-state index is 0.281. The summed E-state index contributed by atoms with van der Waals surface area (Å²) in [6, 6.07) is 12.9. The number of imidazole rings is 1. The van der Waals surface area contributed by atoms with Gasteiger partial charge < -0.3 is 14.6 Å². The largest absolute Gasteiger partial charge is 0.491 e. The second-order valence-electron chi connectivity index (χ2n) is 10.1. The molecule has 0 saturated heterocycles. The number of ether oxygens (including phenoxy) is 1. The van der Waals surface area contributed by atoms with Crippen LogP contribution in [0.15, 0.2) is 42.7 Å². The van der Waals surface area contributed by atoms with Crippen LogP contribution in [-0.2, 0) is 19.4 Å². The van der Waals surface area contributed by atoms with Crippen molar-refractivity contribution in [2.45, 2.75) is 46.6 Å². The molecule has 0 saturated carbocycles. The molecule has 3 heterocycles. The summed E-state index contributed by atoms with van der Waals surface area (Å²) in [5.41, 5.74) is 8.40. The van der Waals surface area contributed by atoms with Gasteiger partial charge in [-0.05, 0) is 67.0 Å². The highest BCUT2D eigenvalue weighted by Crippen LogP contribution is 2.39. The van der Waals surface area contributed by atoms with E-state index >= 15 is 0 Å². The Kier molecular flexibility index (Phi) is 4.64. The van der Waals surface area contributed by atoms with E-state index in [4.69, 9.17) is 9.72 Å². The van der Waals surface area contributed by atoms with Crippen LogP contribution in [-0.4, -0.2) is 33.1 Å². The average Bonchev–Trinajstić information content (AvgIpc) is 3.04. The molecule has 6 heteroatoms. The Morgan fingerprint density at radius 1 is 1.06 bits per heavy atom. The highest BCUT2D eigenvalue weighted by molar-refractivity contribution is 5.82. The second-order valence-corrected chi connectivity index (χ2v) is 10.1. The molecule has 0 unspecified atom stereocenters. The summed E-state index contributed by atoms with van der Waals surface area (Å²) >= 11 is 0. The van der Waals surface area contributed by atoms with Gasteiger partial charge in [0.2, 0.25) is 0 Å². The number of fused-ring (bicyclic) bond motifs is 3. The predicted molar refractivity (Wildman–Crippen MR) is 131 cm³/mol. The van der Waals surface area contributed by atoms with Crippen molar-refractivity contribution in [3.63, 3.8) is 0 Å². The van der Waals surface area contributed by atoms with E-state index in [1.165, 1.54) is 34.4 Å². The van der Waals surface area contributed by atoms with Crippen molar-refractivity contribution in [2.24, 2.45) is 5.41 Å². The van der Waals surface area contributed by atoms with Crippen LogP contribution in [0.2, 0.25) is 0 Å². The van der Waals surface area contributed by atoms with Crippen molar-refractivity contribution in [2.75, 3.05) is 18.1 Å². The fourth-order valence-electron chi connectivity index (χ4n) is 5.20. The average molecular weight is 440 g/mol. The minimum absolute atomic E-state index is 0.281. The van der Waals surface area contributed by atoms with Gasteiger partial charge in [-0.3, -0.25) is 0 Å². The van der Waals surface area contributed by atoms with Gasteiger partial charge in [0, 0.05) is 23.4 Å². The molecule has 168 valence electrons. The molecule has 1 N–H and O–H groups in total. The van der Waals surface area contributed by atoms with Gasteiger partial charge in [-0.2, -0.15) is 0 Å². The number of hydrogen-bond donors (Lipinski definition) is 1. The fourth-order valence-corrected chi connectivity index (χ4v) is 5.20. The van der Waals surface area contributed by atoms with Crippen LogP contribution in [0.5, 0.6) is 5.75 Å². The van der Waals surface area contributed by atoms with E-state index in [1.54, 1.807) is 6.33 Å². The van der Waals surface area contributed by atoms with Gasteiger partial charge in [-0.15, -0.1) is 0 Å². The van der Waals surface area contributed by atoms with Crippen LogP contribution < -0.4 is 9.64 Å². The minimum Gasteiger partial charge on any atom is -0.491 e. The molecule has 1 aliphatic carbocycles. The van der Waals surface area contributed by atoms with Crippen molar-refractivity contribution >= 4 is 16.9 Å². The highest BCUT2D eigenvalue weighted by atomic mass is 16.5. The number of aromatic nitrogens is 4. The van der Waals surface area contributed by atoms with Crippen LogP contribution in [0.25, 0.3) is 22.2 Å². The van der Waals surface area contributed by atoms with Gasteiger partial charge in [0.1, 0.15) is 30.3 Å². The van der Waals surface area contributed by atoms with Crippen molar-refractivity contribution in [1.29, 1.82) is 0 Å². The predicted octanol–water partition coefficient (Wildman–Crippen LogP) is 5.24. The second kappa shape index (κ2) is 7.58. The number of aromatic amines is 1.